The zero-order valence-electron chi connectivity index (χ0n) is 3.96. The zero-order valence-corrected chi connectivity index (χ0v) is 4.71. The minimum absolute atomic E-state index is 0.405. The quantitative estimate of drug-likeness (QED) is 0.401. The summed E-state index contributed by atoms with van der Waals surface area (Å²) in [7, 11) is 0. The molecule has 0 atom stereocenters. The minimum atomic E-state index is 0.405. The highest BCUT2D eigenvalue weighted by Gasteiger charge is 1.82. The summed E-state index contributed by atoms with van der Waals surface area (Å²) in [4.78, 5) is 2.29. The molecule has 0 saturated carbocycles. The third-order valence-corrected chi connectivity index (χ3v) is 0.452. The Kier molecular flexibility index (Phi) is 3.52. The zero-order chi connectivity index (χ0) is 4.99. The summed E-state index contributed by atoms with van der Waals surface area (Å²) >= 11 is 5.04. The molecule has 0 aliphatic rings. The molecule has 0 rings (SSSR count). The van der Waals surface area contributed by atoms with Gasteiger partial charge in [0.25, 0.3) is 0 Å². The van der Waals surface area contributed by atoms with Crippen molar-refractivity contribution >= 4 is 11.8 Å². The molecule has 0 heterocycles. The van der Waals surface area contributed by atoms with Crippen LogP contribution in [0.1, 0.15) is 13.8 Å². The van der Waals surface area contributed by atoms with Crippen molar-refractivity contribution in [2.24, 2.45) is 0 Å². The van der Waals surface area contributed by atoms with Crippen molar-refractivity contribution in [1.29, 1.82) is 0 Å². The van der Waals surface area contributed by atoms with E-state index in [0.29, 0.717) is 6.04 Å². The predicted octanol–water partition coefficient (Wildman–Crippen LogP) is 0.643. The maximum absolute atomic E-state index is 5.04. The fourth-order valence-corrected chi connectivity index (χ4v) is 0.327. The predicted molar refractivity (Wildman–Crippen MR) is 27.3 cm³/mol. The first-order chi connectivity index (χ1) is 2.77. The summed E-state index contributed by atoms with van der Waals surface area (Å²) in [6.07, 6.45) is 0. The molecular weight excluding hydrogens is 99.5 g/mol. The molecule has 0 radical (unpaired) electrons. The Morgan fingerprint density at radius 2 is 2.00 bits per heavy atom. The normalized spacial score (nSPS) is 10.0. The molecule has 0 aromatic carbocycles. The van der Waals surface area contributed by atoms with Gasteiger partial charge in [-0.15, -0.1) is 0 Å². The third kappa shape index (κ3) is 4.21. The molecule has 0 amide bonds. The molecule has 38 valence electrons. The highest BCUT2D eigenvalue weighted by atomic mass is 35.5. The van der Waals surface area contributed by atoms with Crippen LogP contribution in [0.5, 0.6) is 0 Å². The van der Waals surface area contributed by atoms with Gasteiger partial charge >= 0.3 is 0 Å². The number of rotatable bonds is 2. The van der Waals surface area contributed by atoms with Crippen LogP contribution in [0.2, 0.25) is 0 Å². The average molecular weight is 109 g/mol. The summed E-state index contributed by atoms with van der Waals surface area (Å²) in [5.41, 5.74) is 2.72. The average Bonchev–Trinajstić information content (AvgIpc) is 1.35. The summed E-state index contributed by atoms with van der Waals surface area (Å²) in [5, 5.41) is 0. The summed E-state index contributed by atoms with van der Waals surface area (Å²) in [6, 6.07) is 0.405. The van der Waals surface area contributed by atoms with Crippen LogP contribution in [0.3, 0.4) is 0 Å². The van der Waals surface area contributed by atoms with Gasteiger partial charge in [-0.25, -0.2) is 5.43 Å². The molecule has 3 heteroatoms. The molecular formula is C3H9ClN2. The summed E-state index contributed by atoms with van der Waals surface area (Å²) in [6.45, 7) is 3.99. The van der Waals surface area contributed by atoms with E-state index < -0.39 is 0 Å². The second kappa shape index (κ2) is 3.40. The van der Waals surface area contributed by atoms with Crippen LogP contribution in [0, 0.1) is 0 Å². The second-order valence-electron chi connectivity index (χ2n) is 1.39. The number of hydrogen-bond donors (Lipinski definition) is 2. The van der Waals surface area contributed by atoms with E-state index in [1.54, 1.807) is 0 Å². The molecule has 2 nitrogen and oxygen atoms in total. The van der Waals surface area contributed by atoms with Crippen LogP contribution in [-0.2, 0) is 0 Å². The Morgan fingerprint density at radius 1 is 1.50 bits per heavy atom. The molecule has 0 aromatic rings. The molecule has 6 heavy (non-hydrogen) atoms. The van der Waals surface area contributed by atoms with E-state index in [1.807, 2.05) is 13.8 Å². The fourth-order valence-electron chi connectivity index (χ4n) is 0.109. The van der Waals surface area contributed by atoms with Gasteiger partial charge in [-0.2, -0.15) is 4.94 Å². The Bertz CT molecular complexity index is 30.0. The van der Waals surface area contributed by atoms with Crippen molar-refractivity contribution in [2.45, 2.75) is 19.9 Å². The lowest BCUT2D eigenvalue weighted by molar-refractivity contribution is 0.574. The molecule has 0 saturated heterocycles. The molecule has 0 aromatic heterocycles. The van der Waals surface area contributed by atoms with Gasteiger partial charge < -0.3 is 0 Å². The largest absolute Gasteiger partial charge is 0.241 e. The number of hydrogen-bond acceptors (Lipinski definition) is 2. The fraction of sp³-hybridized carbons (Fsp3) is 1.00. The van der Waals surface area contributed by atoms with Crippen LogP contribution in [0.25, 0.3) is 0 Å². The van der Waals surface area contributed by atoms with Crippen molar-refractivity contribution in [3.63, 3.8) is 0 Å². The molecule has 0 aliphatic heterocycles. The smallest absolute Gasteiger partial charge is 0.0168 e. The SMILES string of the molecule is CC(C)NNCl. The summed E-state index contributed by atoms with van der Waals surface area (Å²) < 4.78 is 0. The van der Waals surface area contributed by atoms with Crippen LogP contribution < -0.4 is 10.4 Å². The Hall–Kier alpha value is 0.210. The lowest BCUT2D eigenvalue weighted by Crippen LogP contribution is -2.29. The monoisotopic (exact) mass is 108 g/mol. The first-order valence-electron chi connectivity index (χ1n) is 1.88. The van der Waals surface area contributed by atoms with Gasteiger partial charge in [-0.3, -0.25) is 0 Å². The van der Waals surface area contributed by atoms with Crippen LogP contribution in [0.4, 0.5) is 0 Å². The number of nitrogens with one attached hydrogen (secondary N) is 2. The van der Waals surface area contributed by atoms with Crippen LogP contribution in [0.15, 0.2) is 0 Å². The van der Waals surface area contributed by atoms with E-state index in [2.05, 4.69) is 10.4 Å². The summed E-state index contributed by atoms with van der Waals surface area (Å²) in [5.74, 6) is 0. The molecule has 0 aliphatic carbocycles. The first-order valence-corrected chi connectivity index (χ1v) is 2.26. The molecule has 0 unspecified atom stereocenters. The number of hydrazine groups is 1. The van der Waals surface area contributed by atoms with Gasteiger partial charge in [0.05, 0.1) is 0 Å². The van der Waals surface area contributed by atoms with Crippen molar-refractivity contribution in [3.05, 3.63) is 0 Å². The highest BCUT2D eigenvalue weighted by molar-refractivity contribution is 6.13. The van der Waals surface area contributed by atoms with Gasteiger partial charge in [0.2, 0.25) is 0 Å². The van der Waals surface area contributed by atoms with Gasteiger partial charge in [0, 0.05) is 6.04 Å². The maximum Gasteiger partial charge on any atom is 0.0168 e. The van der Waals surface area contributed by atoms with Crippen molar-refractivity contribution < 1.29 is 0 Å². The molecule has 0 bridgehead atoms. The van der Waals surface area contributed by atoms with Gasteiger partial charge in [-0.1, -0.05) is 0 Å². The maximum atomic E-state index is 5.04. The third-order valence-electron chi connectivity index (χ3n) is 0.343. The Labute approximate surface area is 43.0 Å². The second-order valence-corrected chi connectivity index (χ2v) is 1.58. The molecule has 0 fully saturated rings. The van der Waals surface area contributed by atoms with Crippen LogP contribution >= 0.6 is 11.8 Å². The molecule has 2 N–H and O–H groups in total. The van der Waals surface area contributed by atoms with E-state index in [-0.39, 0.29) is 0 Å². The van der Waals surface area contributed by atoms with E-state index in [4.69, 9.17) is 11.8 Å². The van der Waals surface area contributed by atoms with E-state index in [0.717, 1.165) is 0 Å². The number of halogens is 1. The van der Waals surface area contributed by atoms with Gasteiger partial charge in [0.15, 0.2) is 0 Å². The van der Waals surface area contributed by atoms with Crippen molar-refractivity contribution in [1.82, 2.24) is 10.4 Å². The van der Waals surface area contributed by atoms with Crippen LogP contribution in [-0.4, -0.2) is 6.04 Å². The highest BCUT2D eigenvalue weighted by Crippen LogP contribution is 1.69. The standard InChI is InChI=1S/C3H9ClN2/c1-3(2)5-6-4/h3,5-6H,1-2H3. The lowest BCUT2D eigenvalue weighted by atomic mass is 10.4. The van der Waals surface area contributed by atoms with E-state index in [9.17, 15) is 0 Å². The van der Waals surface area contributed by atoms with Gasteiger partial charge in [0.1, 0.15) is 0 Å². The van der Waals surface area contributed by atoms with E-state index >= 15 is 0 Å². The van der Waals surface area contributed by atoms with Crippen molar-refractivity contribution in [2.75, 3.05) is 0 Å². The lowest BCUT2D eigenvalue weighted by Gasteiger charge is -2.00. The Morgan fingerprint density at radius 3 is 2.00 bits per heavy atom. The molecule has 0 spiro atoms. The van der Waals surface area contributed by atoms with E-state index in [1.165, 1.54) is 0 Å². The van der Waals surface area contributed by atoms with Crippen molar-refractivity contribution in [3.8, 4) is 0 Å². The van der Waals surface area contributed by atoms with Gasteiger partial charge in [-0.05, 0) is 25.6 Å². The minimum Gasteiger partial charge on any atom is -0.241 e. The first kappa shape index (κ1) is 6.21. The Balaban J connectivity index is 2.63. The topological polar surface area (TPSA) is 24.1 Å².